The molecule has 2 atom stereocenters. The summed E-state index contributed by atoms with van der Waals surface area (Å²) in [6.45, 7) is 5.61. The third kappa shape index (κ3) is 2.96. The lowest BCUT2D eigenvalue weighted by molar-refractivity contribution is -0.133. The normalized spacial score (nSPS) is 21.8. The fourth-order valence-electron chi connectivity index (χ4n) is 2.21. The first-order chi connectivity index (χ1) is 7.74. The molecule has 0 spiro atoms. The van der Waals surface area contributed by atoms with Crippen LogP contribution in [-0.4, -0.2) is 36.0 Å². The fourth-order valence-corrected chi connectivity index (χ4v) is 2.21. The van der Waals surface area contributed by atoms with E-state index in [1.807, 2.05) is 6.92 Å². The molecule has 1 fully saturated rings. The second-order valence-corrected chi connectivity index (χ2v) is 4.22. The molecule has 0 aliphatic carbocycles. The van der Waals surface area contributed by atoms with E-state index in [2.05, 4.69) is 18.3 Å². The summed E-state index contributed by atoms with van der Waals surface area (Å²) >= 11 is 0. The number of nitrogens with one attached hydrogen (secondary N) is 1. The highest BCUT2D eigenvalue weighted by Crippen LogP contribution is 2.18. The molecular formula is C12H21N3O. The second kappa shape index (κ2) is 6.49. The van der Waals surface area contributed by atoms with Crippen LogP contribution in [0.15, 0.2) is 0 Å². The highest BCUT2D eigenvalue weighted by molar-refractivity contribution is 5.82. The summed E-state index contributed by atoms with van der Waals surface area (Å²) < 4.78 is 0. The van der Waals surface area contributed by atoms with Crippen LogP contribution in [0, 0.1) is 11.3 Å². The molecule has 1 N–H and O–H groups in total. The molecule has 0 aromatic carbocycles. The average Bonchev–Trinajstić information content (AvgIpc) is 2.75. The van der Waals surface area contributed by atoms with E-state index >= 15 is 0 Å². The van der Waals surface area contributed by atoms with Gasteiger partial charge in [-0.15, -0.1) is 0 Å². The van der Waals surface area contributed by atoms with Gasteiger partial charge in [0, 0.05) is 6.54 Å². The predicted octanol–water partition coefficient (Wildman–Crippen LogP) is 1.28. The van der Waals surface area contributed by atoms with Gasteiger partial charge < -0.3 is 10.2 Å². The number of carbonyl (C=O) groups excluding carboxylic acids is 1. The first kappa shape index (κ1) is 13.0. The Balaban J connectivity index is 2.62. The molecule has 0 aromatic rings. The van der Waals surface area contributed by atoms with Crippen molar-refractivity contribution >= 4 is 5.91 Å². The van der Waals surface area contributed by atoms with Crippen LogP contribution in [0.4, 0.5) is 0 Å². The first-order valence-corrected chi connectivity index (χ1v) is 6.18. The van der Waals surface area contributed by atoms with Gasteiger partial charge in [-0.2, -0.15) is 5.26 Å². The second-order valence-electron chi connectivity index (χ2n) is 4.22. The summed E-state index contributed by atoms with van der Waals surface area (Å²) in [4.78, 5) is 13.9. The van der Waals surface area contributed by atoms with Crippen LogP contribution < -0.4 is 5.32 Å². The molecule has 4 heteroatoms. The van der Waals surface area contributed by atoms with E-state index in [0.29, 0.717) is 0 Å². The molecule has 16 heavy (non-hydrogen) atoms. The number of carbonyl (C=O) groups is 1. The zero-order chi connectivity index (χ0) is 12.0. The smallest absolute Gasteiger partial charge is 0.240 e. The Morgan fingerprint density at radius 2 is 2.38 bits per heavy atom. The third-order valence-electron chi connectivity index (χ3n) is 3.01. The molecule has 0 radical (unpaired) electrons. The number of amides is 1. The minimum absolute atomic E-state index is 0.104. The maximum Gasteiger partial charge on any atom is 0.240 e. The van der Waals surface area contributed by atoms with Crippen LogP contribution in [0.2, 0.25) is 0 Å². The van der Waals surface area contributed by atoms with Gasteiger partial charge in [0.2, 0.25) is 5.91 Å². The Bertz CT molecular complexity index is 266. The highest BCUT2D eigenvalue weighted by atomic mass is 16.2. The van der Waals surface area contributed by atoms with Gasteiger partial charge in [-0.05, 0) is 25.8 Å². The molecule has 1 saturated heterocycles. The number of hydrogen-bond donors (Lipinski definition) is 1. The minimum Gasteiger partial charge on any atom is -0.325 e. The molecule has 1 aliphatic heterocycles. The lowest BCUT2D eigenvalue weighted by Crippen LogP contribution is -2.47. The molecule has 0 bridgehead atoms. The topological polar surface area (TPSA) is 56.1 Å². The van der Waals surface area contributed by atoms with Crippen LogP contribution in [0.25, 0.3) is 0 Å². The molecule has 0 saturated carbocycles. The maximum absolute atomic E-state index is 12.2. The van der Waals surface area contributed by atoms with Crippen molar-refractivity contribution in [3.05, 3.63) is 0 Å². The van der Waals surface area contributed by atoms with Crippen LogP contribution in [0.3, 0.4) is 0 Å². The number of rotatable bonds is 5. The molecule has 2 unspecified atom stereocenters. The predicted molar refractivity (Wildman–Crippen MR) is 62.7 cm³/mol. The SMILES string of the molecule is CCCC(NCC)C(=O)N1CCCC1C#N. The van der Waals surface area contributed by atoms with E-state index in [9.17, 15) is 4.79 Å². The average molecular weight is 223 g/mol. The van der Waals surface area contributed by atoms with E-state index in [4.69, 9.17) is 5.26 Å². The minimum atomic E-state index is -0.203. The summed E-state index contributed by atoms with van der Waals surface area (Å²) in [6.07, 6.45) is 3.61. The highest BCUT2D eigenvalue weighted by Gasteiger charge is 2.32. The van der Waals surface area contributed by atoms with Crippen molar-refractivity contribution in [2.75, 3.05) is 13.1 Å². The Morgan fingerprint density at radius 3 is 2.94 bits per heavy atom. The van der Waals surface area contributed by atoms with E-state index in [0.717, 1.165) is 38.8 Å². The summed E-state index contributed by atoms with van der Waals surface area (Å²) in [5.41, 5.74) is 0. The number of hydrogen-bond acceptors (Lipinski definition) is 3. The van der Waals surface area contributed by atoms with Crippen molar-refractivity contribution in [2.24, 2.45) is 0 Å². The third-order valence-corrected chi connectivity index (χ3v) is 3.01. The van der Waals surface area contributed by atoms with Gasteiger partial charge in [-0.1, -0.05) is 20.3 Å². The number of nitriles is 1. The Labute approximate surface area is 97.6 Å². The fraction of sp³-hybridized carbons (Fsp3) is 0.833. The lowest BCUT2D eigenvalue weighted by atomic mass is 10.1. The van der Waals surface area contributed by atoms with Gasteiger partial charge in [0.25, 0.3) is 0 Å². The zero-order valence-electron chi connectivity index (χ0n) is 10.2. The summed E-state index contributed by atoms with van der Waals surface area (Å²) in [5, 5.41) is 12.2. The van der Waals surface area contributed by atoms with Gasteiger partial charge in [-0.3, -0.25) is 4.79 Å². The van der Waals surface area contributed by atoms with E-state index in [-0.39, 0.29) is 18.0 Å². The van der Waals surface area contributed by atoms with Crippen LogP contribution >= 0.6 is 0 Å². The van der Waals surface area contributed by atoms with E-state index in [1.54, 1.807) is 4.90 Å². The molecular weight excluding hydrogens is 202 g/mol. The number of likely N-dealkylation sites (N-methyl/N-ethyl adjacent to an activating group) is 1. The standard InChI is InChI=1S/C12H21N3O/c1-3-6-11(14-4-2)12(16)15-8-5-7-10(15)9-13/h10-11,14H,3-8H2,1-2H3. The largest absolute Gasteiger partial charge is 0.325 e. The monoisotopic (exact) mass is 223 g/mol. The van der Waals surface area contributed by atoms with Crippen LogP contribution in [-0.2, 0) is 4.79 Å². The van der Waals surface area contributed by atoms with Gasteiger partial charge in [0.1, 0.15) is 6.04 Å². The molecule has 1 heterocycles. The molecule has 4 nitrogen and oxygen atoms in total. The summed E-state index contributed by atoms with van der Waals surface area (Å²) in [6, 6.07) is 1.90. The van der Waals surface area contributed by atoms with Crippen molar-refractivity contribution in [1.29, 1.82) is 5.26 Å². The molecule has 0 aromatic heterocycles. The Morgan fingerprint density at radius 1 is 1.62 bits per heavy atom. The van der Waals surface area contributed by atoms with Crippen molar-refractivity contribution in [3.8, 4) is 6.07 Å². The first-order valence-electron chi connectivity index (χ1n) is 6.18. The summed E-state index contributed by atoms with van der Waals surface area (Å²) in [7, 11) is 0. The lowest BCUT2D eigenvalue weighted by Gasteiger charge is -2.25. The van der Waals surface area contributed by atoms with E-state index < -0.39 is 0 Å². The van der Waals surface area contributed by atoms with Gasteiger partial charge in [-0.25, -0.2) is 0 Å². The van der Waals surface area contributed by atoms with Gasteiger partial charge in [0.15, 0.2) is 0 Å². The van der Waals surface area contributed by atoms with E-state index in [1.165, 1.54) is 0 Å². The van der Waals surface area contributed by atoms with Crippen molar-refractivity contribution in [3.63, 3.8) is 0 Å². The number of likely N-dealkylation sites (tertiary alicyclic amines) is 1. The van der Waals surface area contributed by atoms with Crippen molar-refractivity contribution in [2.45, 2.75) is 51.6 Å². The quantitative estimate of drug-likeness (QED) is 0.764. The van der Waals surface area contributed by atoms with Gasteiger partial charge in [0.05, 0.1) is 12.1 Å². The van der Waals surface area contributed by atoms with Crippen LogP contribution in [0.1, 0.15) is 39.5 Å². The molecule has 1 amide bonds. The zero-order valence-corrected chi connectivity index (χ0v) is 10.2. The van der Waals surface area contributed by atoms with Crippen molar-refractivity contribution < 1.29 is 4.79 Å². The maximum atomic E-state index is 12.2. The number of nitrogens with zero attached hydrogens (tertiary/aromatic N) is 2. The Kier molecular flexibility index (Phi) is 5.27. The Hall–Kier alpha value is -1.08. The summed E-state index contributed by atoms with van der Waals surface area (Å²) in [5.74, 6) is 0.104. The molecule has 90 valence electrons. The van der Waals surface area contributed by atoms with Gasteiger partial charge >= 0.3 is 0 Å². The van der Waals surface area contributed by atoms with Crippen LogP contribution in [0.5, 0.6) is 0 Å². The molecule has 1 aliphatic rings. The van der Waals surface area contributed by atoms with Crippen molar-refractivity contribution in [1.82, 2.24) is 10.2 Å². The molecule has 1 rings (SSSR count).